The fourth-order valence-corrected chi connectivity index (χ4v) is 3.31. The molecule has 0 unspecified atom stereocenters. The largest absolute Gasteiger partial charge is 0.319 e. The van der Waals surface area contributed by atoms with Gasteiger partial charge in [0.15, 0.2) is 0 Å². The van der Waals surface area contributed by atoms with Gasteiger partial charge < -0.3 is 5.32 Å². The van der Waals surface area contributed by atoms with Crippen molar-refractivity contribution < 1.29 is 0 Å². The molecule has 1 nitrogen and oxygen atoms in total. The van der Waals surface area contributed by atoms with Crippen molar-refractivity contribution in [2.24, 2.45) is 5.41 Å². The van der Waals surface area contributed by atoms with Crippen LogP contribution in [-0.2, 0) is 0 Å². The van der Waals surface area contributed by atoms with E-state index in [4.69, 9.17) is 0 Å². The third-order valence-corrected chi connectivity index (χ3v) is 4.10. The van der Waals surface area contributed by atoms with Gasteiger partial charge in [-0.15, -0.1) is 0 Å². The molecule has 0 bridgehead atoms. The summed E-state index contributed by atoms with van der Waals surface area (Å²) in [7, 11) is 2.09. The minimum atomic E-state index is 0.664. The van der Waals surface area contributed by atoms with Gasteiger partial charge in [0.2, 0.25) is 0 Å². The molecule has 0 heterocycles. The van der Waals surface area contributed by atoms with Crippen molar-refractivity contribution >= 4 is 11.8 Å². The third kappa shape index (κ3) is 3.51. The van der Waals surface area contributed by atoms with Crippen LogP contribution < -0.4 is 5.32 Å². The SMILES string of the molecule is CCSCCC1(CNC)CCCC1. The van der Waals surface area contributed by atoms with Gasteiger partial charge in [-0.2, -0.15) is 11.8 Å². The summed E-state index contributed by atoms with van der Waals surface area (Å²) >= 11 is 2.09. The second-order valence-corrected chi connectivity index (χ2v) is 5.58. The minimum absolute atomic E-state index is 0.664. The van der Waals surface area contributed by atoms with E-state index in [9.17, 15) is 0 Å². The predicted molar refractivity (Wildman–Crippen MR) is 62.4 cm³/mol. The molecule has 1 aliphatic rings. The first-order valence-corrected chi connectivity index (χ1v) is 6.71. The molecule has 0 amide bonds. The van der Waals surface area contributed by atoms with E-state index in [-0.39, 0.29) is 0 Å². The lowest BCUT2D eigenvalue weighted by molar-refractivity contribution is 0.279. The number of hydrogen-bond donors (Lipinski definition) is 1. The van der Waals surface area contributed by atoms with Gasteiger partial charge in [0.25, 0.3) is 0 Å². The molecule has 13 heavy (non-hydrogen) atoms. The summed E-state index contributed by atoms with van der Waals surface area (Å²) in [4.78, 5) is 0. The van der Waals surface area contributed by atoms with E-state index in [1.54, 1.807) is 0 Å². The quantitative estimate of drug-likeness (QED) is 0.663. The van der Waals surface area contributed by atoms with Gasteiger partial charge in [-0.25, -0.2) is 0 Å². The van der Waals surface area contributed by atoms with E-state index in [2.05, 4.69) is 31.1 Å². The first-order valence-electron chi connectivity index (χ1n) is 5.55. The zero-order valence-electron chi connectivity index (χ0n) is 9.07. The molecule has 0 aliphatic heterocycles. The van der Waals surface area contributed by atoms with E-state index in [1.807, 2.05) is 0 Å². The van der Waals surface area contributed by atoms with Crippen LogP contribution in [-0.4, -0.2) is 25.1 Å². The van der Waals surface area contributed by atoms with Gasteiger partial charge in [0.1, 0.15) is 0 Å². The molecule has 0 radical (unpaired) electrons. The van der Waals surface area contributed by atoms with Gasteiger partial charge in [-0.1, -0.05) is 19.8 Å². The second-order valence-electron chi connectivity index (χ2n) is 4.18. The highest BCUT2D eigenvalue weighted by Gasteiger charge is 2.32. The van der Waals surface area contributed by atoms with Crippen LogP contribution in [0.25, 0.3) is 0 Å². The van der Waals surface area contributed by atoms with E-state index in [1.165, 1.54) is 50.2 Å². The van der Waals surface area contributed by atoms with Crippen LogP contribution in [0, 0.1) is 5.41 Å². The number of thioether (sulfide) groups is 1. The van der Waals surface area contributed by atoms with Crippen LogP contribution in [0.2, 0.25) is 0 Å². The van der Waals surface area contributed by atoms with Crippen molar-refractivity contribution in [3.63, 3.8) is 0 Å². The molecule has 1 saturated carbocycles. The van der Waals surface area contributed by atoms with Crippen molar-refractivity contribution in [1.82, 2.24) is 5.32 Å². The van der Waals surface area contributed by atoms with Crippen molar-refractivity contribution in [2.75, 3.05) is 25.1 Å². The van der Waals surface area contributed by atoms with Crippen LogP contribution in [0.1, 0.15) is 39.0 Å². The molecule has 78 valence electrons. The molecular weight excluding hydrogens is 178 g/mol. The normalized spacial score (nSPS) is 20.8. The van der Waals surface area contributed by atoms with Crippen LogP contribution in [0.4, 0.5) is 0 Å². The molecule has 1 aliphatic carbocycles. The Balaban J connectivity index is 2.28. The zero-order valence-corrected chi connectivity index (χ0v) is 9.88. The van der Waals surface area contributed by atoms with Crippen LogP contribution >= 0.6 is 11.8 Å². The Morgan fingerprint density at radius 1 is 1.31 bits per heavy atom. The Kier molecular flexibility index (Phi) is 5.18. The highest BCUT2D eigenvalue weighted by atomic mass is 32.2. The number of nitrogens with one attached hydrogen (secondary N) is 1. The van der Waals surface area contributed by atoms with Gasteiger partial charge >= 0.3 is 0 Å². The summed E-state index contributed by atoms with van der Waals surface area (Å²) in [5.41, 5.74) is 0.664. The average Bonchev–Trinajstić information content (AvgIpc) is 2.55. The molecule has 2 heteroatoms. The zero-order chi connectivity index (χ0) is 9.57. The number of rotatable bonds is 6. The van der Waals surface area contributed by atoms with E-state index >= 15 is 0 Å². The summed E-state index contributed by atoms with van der Waals surface area (Å²) < 4.78 is 0. The maximum Gasteiger partial charge on any atom is 0.000510 e. The van der Waals surface area contributed by atoms with Crippen molar-refractivity contribution in [1.29, 1.82) is 0 Å². The second kappa shape index (κ2) is 5.92. The minimum Gasteiger partial charge on any atom is -0.319 e. The number of hydrogen-bond acceptors (Lipinski definition) is 2. The molecule has 0 aromatic heterocycles. The molecule has 0 saturated heterocycles. The fraction of sp³-hybridized carbons (Fsp3) is 1.00. The first kappa shape index (κ1) is 11.4. The van der Waals surface area contributed by atoms with Crippen molar-refractivity contribution in [3.8, 4) is 0 Å². The highest BCUT2D eigenvalue weighted by molar-refractivity contribution is 7.99. The topological polar surface area (TPSA) is 12.0 Å². The standard InChI is InChI=1S/C11H23NS/c1-3-13-9-8-11(10-12-2)6-4-5-7-11/h12H,3-10H2,1-2H3. The van der Waals surface area contributed by atoms with Crippen LogP contribution in [0.5, 0.6) is 0 Å². The van der Waals surface area contributed by atoms with Gasteiger partial charge in [-0.05, 0) is 43.2 Å². The summed E-state index contributed by atoms with van der Waals surface area (Å²) in [6.45, 7) is 3.49. The van der Waals surface area contributed by atoms with Gasteiger partial charge in [0.05, 0.1) is 0 Å². The average molecular weight is 201 g/mol. The summed E-state index contributed by atoms with van der Waals surface area (Å²) in [5, 5.41) is 3.37. The molecule has 0 spiro atoms. The Labute approximate surface area is 87.1 Å². The Morgan fingerprint density at radius 2 is 2.00 bits per heavy atom. The maximum atomic E-state index is 3.37. The Hall–Kier alpha value is 0.310. The molecule has 1 fully saturated rings. The molecular formula is C11H23NS. The maximum absolute atomic E-state index is 3.37. The Morgan fingerprint density at radius 3 is 2.54 bits per heavy atom. The lowest BCUT2D eigenvalue weighted by atomic mass is 9.83. The monoisotopic (exact) mass is 201 g/mol. The molecule has 0 atom stereocenters. The lowest BCUT2D eigenvalue weighted by Gasteiger charge is -2.28. The third-order valence-electron chi connectivity index (χ3n) is 3.20. The van der Waals surface area contributed by atoms with E-state index in [0.29, 0.717) is 5.41 Å². The smallest absolute Gasteiger partial charge is 0.000510 e. The molecule has 1 rings (SSSR count). The van der Waals surface area contributed by atoms with Gasteiger partial charge in [-0.3, -0.25) is 0 Å². The molecule has 0 aromatic rings. The highest BCUT2D eigenvalue weighted by Crippen LogP contribution is 2.41. The van der Waals surface area contributed by atoms with E-state index in [0.717, 1.165) is 0 Å². The summed E-state index contributed by atoms with van der Waals surface area (Å²) in [5.74, 6) is 2.63. The van der Waals surface area contributed by atoms with Crippen molar-refractivity contribution in [2.45, 2.75) is 39.0 Å². The molecule has 0 aromatic carbocycles. The molecule has 1 N–H and O–H groups in total. The predicted octanol–water partition coefficient (Wildman–Crippen LogP) is 2.91. The summed E-state index contributed by atoms with van der Waals surface area (Å²) in [6.07, 6.45) is 7.25. The van der Waals surface area contributed by atoms with Crippen LogP contribution in [0.15, 0.2) is 0 Å². The fourth-order valence-electron chi connectivity index (χ4n) is 2.45. The van der Waals surface area contributed by atoms with Crippen molar-refractivity contribution in [3.05, 3.63) is 0 Å². The van der Waals surface area contributed by atoms with E-state index < -0.39 is 0 Å². The first-order chi connectivity index (χ1) is 6.33. The Bertz CT molecular complexity index is 130. The van der Waals surface area contributed by atoms with Crippen LogP contribution in [0.3, 0.4) is 0 Å². The van der Waals surface area contributed by atoms with Gasteiger partial charge in [0, 0.05) is 6.54 Å². The lowest BCUT2D eigenvalue weighted by Crippen LogP contribution is -2.30. The summed E-state index contributed by atoms with van der Waals surface area (Å²) in [6, 6.07) is 0.